The van der Waals surface area contributed by atoms with Gasteiger partial charge in [-0.2, -0.15) is 4.98 Å². The SMILES string of the molecule is COc1cccc(Cc2cnc([C@H]3CCCCN3C(=O)c3cc(C)[nH]c(=O)n3)o2)c1. The fourth-order valence-electron chi connectivity index (χ4n) is 3.81. The van der Waals surface area contributed by atoms with E-state index < -0.39 is 5.69 Å². The highest BCUT2D eigenvalue weighted by Gasteiger charge is 2.32. The number of nitrogens with one attached hydrogen (secondary N) is 1. The molecule has 0 bridgehead atoms. The van der Waals surface area contributed by atoms with Gasteiger partial charge in [0.25, 0.3) is 5.91 Å². The predicted molar refractivity (Wildman–Crippen MR) is 110 cm³/mol. The topological polar surface area (TPSA) is 101 Å². The van der Waals surface area contributed by atoms with Gasteiger partial charge in [-0.3, -0.25) is 4.79 Å². The van der Waals surface area contributed by atoms with Crippen LogP contribution in [0.2, 0.25) is 0 Å². The Labute approximate surface area is 173 Å². The van der Waals surface area contributed by atoms with Crippen LogP contribution < -0.4 is 10.4 Å². The molecule has 8 nitrogen and oxygen atoms in total. The molecule has 0 unspecified atom stereocenters. The van der Waals surface area contributed by atoms with E-state index in [1.807, 2.05) is 24.3 Å². The number of ether oxygens (including phenoxy) is 1. The van der Waals surface area contributed by atoms with E-state index in [-0.39, 0.29) is 17.6 Å². The third-order valence-corrected chi connectivity index (χ3v) is 5.23. The lowest BCUT2D eigenvalue weighted by Crippen LogP contribution is -2.39. The van der Waals surface area contributed by atoms with Gasteiger partial charge >= 0.3 is 5.69 Å². The standard InChI is InChI=1S/C22H24N4O4/c1-14-10-18(25-22(28)24-14)21(27)26-9-4-3-8-19(26)20-23-13-17(30-20)12-15-6-5-7-16(11-15)29-2/h5-7,10-11,13,19H,3-4,8-9,12H2,1-2H3,(H,24,25,28)/t19-/m1/s1. The van der Waals surface area contributed by atoms with Crippen molar-refractivity contribution in [3.63, 3.8) is 0 Å². The average Bonchev–Trinajstić information content (AvgIpc) is 3.21. The van der Waals surface area contributed by atoms with Gasteiger partial charge in [-0.15, -0.1) is 0 Å². The average molecular weight is 408 g/mol. The minimum Gasteiger partial charge on any atom is -0.497 e. The van der Waals surface area contributed by atoms with Gasteiger partial charge in [-0.05, 0) is 49.9 Å². The van der Waals surface area contributed by atoms with Gasteiger partial charge in [-0.1, -0.05) is 12.1 Å². The molecular formula is C22H24N4O4. The van der Waals surface area contributed by atoms with E-state index in [1.54, 1.807) is 31.2 Å². The van der Waals surface area contributed by atoms with Gasteiger partial charge in [0, 0.05) is 18.7 Å². The second-order valence-corrected chi connectivity index (χ2v) is 7.46. The molecule has 1 aromatic carbocycles. The van der Waals surface area contributed by atoms with Crippen molar-refractivity contribution in [2.24, 2.45) is 0 Å². The lowest BCUT2D eigenvalue weighted by molar-refractivity contribution is 0.0563. The van der Waals surface area contributed by atoms with Gasteiger partial charge in [0.1, 0.15) is 23.2 Å². The van der Waals surface area contributed by atoms with Crippen LogP contribution in [0.1, 0.15) is 58.7 Å². The molecule has 1 aliphatic rings. The molecule has 0 radical (unpaired) electrons. The minimum absolute atomic E-state index is 0.145. The maximum absolute atomic E-state index is 13.1. The normalized spacial score (nSPS) is 16.5. The molecule has 0 aliphatic carbocycles. The summed E-state index contributed by atoms with van der Waals surface area (Å²) in [6, 6.07) is 9.11. The summed E-state index contributed by atoms with van der Waals surface area (Å²) in [6.07, 6.45) is 4.92. The number of aryl methyl sites for hydroxylation is 1. The van der Waals surface area contributed by atoms with Gasteiger partial charge < -0.3 is 19.0 Å². The van der Waals surface area contributed by atoms with Crippen LogP contribution in [0.3, 0.4) is 0 Å². The number of methoxy groups -OCH3 is 1. The quantitative estimate of drug-likeness (QED) is 0.696. The van der Waals surface area contributed by atoms with Crippen LogP contribution in [0.15, 0.2) is 45.7 Å². The highest BCUT2D eigenvalue weighted by molar-refractivity contribution is 5.92. The molecule has 1 amide bonds. The summed E-state index contributed by atoms with van der Waals surface area (Å²) >= 11 is 0. The number of hydrogen-bond donors (Lipinski definition) is 1. The molecule has 3 heterocycles. The van der Waals surface area contributed by atoms with Crippen LogP contribution in [0.25, 0.3) is 0 Å². The molecule has 1 atom stereocenters. The largest absolute Gasteiger partial charge is 0.497 e. The molecule has 0 spiro atoms. The maximum atomic E-state index is 13.1. The van der Waals surface area contributed by atoms with Gasteiger partial charge in [0.05, 0.1) is 13.3 Å². The van der Waals surface area contributed by atoms with E-state index in [0.717, 1.165) is 36.3 Å². The second-order valence-electron chi connectivity index (χ2n) is 7.46. The fraction of sp³-hybridized carbons (Fsp3) is 0.364. The monoisotopic (exact) mass is 408 g/mol. The number of aromatic amines is 1. The number of hydrogen-bond acceptors (Lipinski definition) is 6. The van der Waals surface area contributed by atoms with E-state index in [9.17, 15) is 9.59 Å². The van der Waals surface area contributed by atoms with Crippen molar-refractivity contribution < 1.29 is 13.9 Å². The molecule has 1 fully saturated rings. The molecule has 0 saturated carbocycles. The molecule has 4 rings (SSSR count). The summed E-state index contributed by atoms with van der Waals surface area (Å²) in [7, 11) is 1.64. The van der Waals surface area contributed by atoms with Crippen LogP contribution in [-0.4, -0.2) is 39.4 Å². The molecule has 2 aromatic heterocycles. The van der Waals surface area contributed by atoms with Crippen molar-refractivity contribution in [3.05, 3.63) is 75.6 Å². The lowest BCUT2D eigenvalue weighted by Gasteiger charge is -2.33. The molecule has 8 heteroatoms. The molecule has 1 saturated heterocycles. The summed E-state index contributed by atoms with van der Waals surface area (Å²) in [5.74, 6) is 1.75. The number of piperidine rings is 1. The summed E-state index contributed by atoms with van der Waals surface area (Å²) in [6.45, 7) is 2.30. The van der Waals surface area contributed by atoms with Crippen molar-refractivity contribution in [3.8, 4) is 5.75 Å². The van der Waals surface area contributed by atoms with E-state index in [0.29, 0.717) is 24.6 Å². The molecule has 1 N–H and O–H groups in total. The number of rotatable bonds is 5. The number of carbonyl (C=O) groups is 1. The fourth-order valence-corrected chi connectivity index (χ4v) is 3.81. The highest BCUT2D eigenvalue weighted by Crippen LogP contribution is 2.32. The number of aromatic nitrogens is 3. The van der Waals surface area contributed by atoms with Crippen LogP contribution in [0, 0.1) is 6.92 Å². The Morgan fingerprint density at radius 3 is 3.00 bits per heavy atom. The first-order valence-corrected chi connectivity index (χ1v) is 10.00. The van der Waals surface area contributed by atoms with Crippen LogP contribution in [-0.2, 0) is 6.42 Å². The molecule has 30 heavy (non-hydrogen) atoms. The number of amides is 1. The van der Waals surface area contributed by atoms with Crippen LogP contribution >= 0.6 is 0 Å². The molecule has 3 aromatic rings. The van der Waals surface area contributed by atoms with Gasteiger partial charge in [0.2, 0.25) is 5.89 Å². The first-order chi connectivity index (χ1) is 14.5. The maximum Gasteiger partial charge on any atom is 0.345 e. The van der Waals surface area contributed by atoms with Gasteiger partial charge in [0.15, 0.2) is 0 Å². The predicted octanol–water partition coefficient (Wildman–Crippen LogP) is 3.03. The van der Waals surface area contributed by atoms with Crippen LogP contribution in [0.5, 0.6) is 5.75 Å². The molecule has 156 valence electrons. The summed E-state index contributed by atoms with van der Waals surface area (Å²) < 4.78 is 11.3. The zero-order chi connectivity index (χ0) is 21.1. The Kier molecular flexibility index (Phi) is 5.65. The smallest absolute Gasteiger partial charge is 0.345 e. The Balaban J connectivity index is 1.56. The Morgan fingerprint density at radius 1 is 1.33 bits per heavy atom. The minimum atomic E-state index is -0.524. The number of carbonyl (C=O) groups excluding carboxylic acids is 1. The van der Waals surface area contributed by atoms with E-state index >= 15 is 0 Å². The van der Waals surface area contributed by atoms with E-state index in [4.69, 9.17) is 9.15 Å². The number of benzene rings is 1. The zero-order valence-corrected chi connectivity index (χ0v) is 17.1. The number of nitrogens with zero attached hydrogens (tertiary/aromatic N) is 3. The highest BCUT2D eigenvalue weighted by atomic mass is 16.5. The van der Waals surface area contributed by atoms with Crippen LogP contribution in [0.4, 0.5) is 0 Å². The Morgan fingerprint density at radius 2 is 2.20 bits per heavy atom. The summed E-state index contributed by atoms with van der Waals surface area (Å²) in [5.41, 5.74) is 1.27. The number of H-pyrrole nitrogens is 1. The van der Waals surface area contributed by atoms with Crippen molar-refractivity contribution in [2.75, 3.05) is 13.7 Å². The Hall–Kier alpha value is -3.42. The zero-order valence-electron chi connectivity index (χ0n) is 17.1. The van der Waals surface area contributed by atoms with Crippen molar-refractivity contribution in [1.82, 2.24) is 19.9 Å². The van der Waals surface area contributed by atoms with Gasteiger partial charge in [-0.25, -0.2) is 9.78 Å². The number of likely N-dealkylation sites (tertiary alicyclic amines) is 1. The van der Waals surface area contributed by atoms with Crippen molar-refractivity contribution >= 4 is 5.91 Å². The first-order valence-electron chi connectivity index (χ1n) is 10.00. The van der Waals surface area contributed by atoms with E-state index in [2.05, 4.69) is 15.0 Å². The van der Waals surface area contributed by atoms with Crippen molar-refractivity contribution in [2.45, 2.75) is 38.6 Å². The number of oxazole rings is 1. The van der Waals surface area contributed by atoms with Crippen molar-refractivity contribution in [1.29, 1.82) is 0 Å². The summed E-state index contributed by atoms with van der Waals surface area (Å²) in [5, 5.41) is 0. The Bertz CT molecular complexity index is 1100. The third kappa shape index (κ3) is 4.27. The molecule has 1 aliphatic heterocycles. The second kappa shape index (κ2) is 8.52. The molecular weight excluding hydrogens is 384 g/mol. The first kappa shape index (κ1) is 19.9. The van der Waals surface area contributed by atoms with E-state index in [1.165, 1.54) is 0 Å². The lowest BCUT2D eigenvalue weighted by atomic mass is 10.0. The summed E-state index contributed by atoms with van der Waals surface area (Å²) in [4.78, 5) is 37.4. The third-order valence-electron chi connectivity index (χ3n) is 5.23.